The van der Waals surface area contributed by atoms with Gasteiger partial charge in [0.1, 0.15) is 6.67 Å². The maximum Gasteiger partial charge on any atom is 0.213 e. The lowest BCUT2D eigenvalue weighted by molar-refractivity contribution is -0.132. The van der Waals surface area contributed by atoms with Crippen LogP contribution in [0.2, 0.25) is 0 Å². The molecule has 0 saturated carbocycles. The molecule has 1 rings (SSSR count). The van der Waals surface area contributed by atoms with Crippen LogP contribution in [0.4, 0.5) is 0 Å². The van der Waals surface area contributed by atoms with Crippen LogP contribution < -0.4 is 0 Å². The van der Waals surface area contributed by atoms with Crippen molar-refractivity contribution >= 4 is 12.8 Å². The average Bonchev–Trinajstić information content (AvgIpc) is 2.30. The lowest BCUT2D eigenvalue weighted by Gasteiger charge is -2.13. The predicted octanol–water partition coefficient (Wildman–Crippen LogP) is -2.49. The van der Waals surface area contributed by atoms with Crippen LogP contribution >= 0.6 is 0 Å². The highest BCUT2D eigenvalue weighted by atomic mass is 16.4. The van der Waals surface area contributed by atoms with Gasteiger partial charge in [0.15, 0.2) is 12.5 Å². The minimum Gasteiger partial charge on any atom is -0.369 e. The van der Waals surface area contributed by atoms with Gasteiger partial charge >= 0.3 is 0 Å². The number of carbonyl (C=O) groups is 2. The Morgan fingerprint density at radius 2 is 1.45 bits per heavy atom. The standard InChI is InChI=1S/C5H8N2O4/c8-2-6-1-7(3-9)5(11)4(6)10/h2-5,10-11H,1H2/t4-,5-/m0/s1. The molecule has 62 valence electrons. The first-order valence-electron chi connectivity index (χ1n) is 2.99. The fraction of sp³-hybridized carbons (Fsp3) is 0.600. The predicted molar refractivity (Wildman–Crippen MR) is 32.7 cm³/mol. The zero-order valence-electron chi connectivity index (χ0n) is 5.62. The van der Waals surface area contributed by atoms with Crippen LogP contribution in [0.1, 0.15) is 0 Å². The Hall–Kier alpha value is -1.14. The largest absolute Gasteiger partial charge is 0.369 e. The molecular formula is C5H8N2O4. The van der Waals surface area contributed by atoms with Crippen molar-refractivity contribution in [2.45, 2.75) is 12.5 Å². The van der Waals surface area contributed by atoms with Gasteiger partial charge in [-0.2, -0.15) is 0 Å². The molecule has 11 heavy (non-hydrogen) atoms. The van der Waals surface area contributed by atoms with E-state index in [0.29, 0.717) is 12.8 Å². The Morgan fingerprint density at radius 3 is 1.64 bits per heavy atom. The van der Waals surface area contributed by atoms with Gasteiger partial charge in [0, 0.05) is 0 Å². The number of rotatable bonds is 2. The molecule has 6 heteroatoms. The summed E-state index contributed by atoms with van der Waals surface area (Å²) in [6.45, 7) is -0.0741. The van der Waals surface area contributed by atoms with E-state index in [1.54, 1.807) is 0 Å². The molecule has 1 aliphatic heterocycles. The topological polar surface area (TPSA) is 81.1 Å². The molecule has 0 bridgehead atoms. The molecule has 2 atom stereocenters. The lowest BCUT2D eigenvalue weighted by atomic mass is 10.5. The molecule has 2 amide bonds. The molecule has 1 saturated heterocycles. The number of aliphatic hydroxyl groups is 2. The molecule has 6 nitrogen and oxygen atoms in total. The third-order valence-electron chi connectivity index (χ3n) is 1.54. The molecule has 0 unspecified atom stereocenters. The molecule has 0 aromatic heterocycles. The molecule has 0 radical (unpaired) electrons. The van der Waals surface area contributed by atoms with Gasteiger partial charge in [-0.05, 0) is 0 Å². The fourth-order valence-corrected chi connectivity index (χ4v) is 0.890. The molecule has 0 aromatic rings. The van der Waals surface area contributed by atoms with Crippen LogP contribution in [0.3, 0.4) is 0 Å². The minimum atomic E-state index is -1.31. The van der Waals surface area contributed by atoms with Gasteiger partial charge in [0.25, 0.3) is 0 Å². The van der Waals surface area contributed by atoms with E-state index in [1.807, 2.05) is 0 Å². The zero-order chi connectivity index (χ0) is 8.43. The first-order chi connectivity index (χ1) is 5.20. The fourth-order valence-electron chi connectivity index (χ4n) is 0.890. The van der Waals surface area contributed by atoms with E-state index >= 15 is 0 Å². The Morgan fingerprint density at radius 1 is 1.09 bits per heavy atom. The summed E-state index contributed by atoms with van der Waals surface area (Å²) < 4.78 is 0. The summed E-state index contributed by atoms with van der Waals surface area (Å²) in [5.41, 5.74) is 0. The number of nitrogens with zero attached hydrogens (tertiary/aromatic N) is 2. The zero-order valence-corrected chi connectivity index (χ0v) is 5.62. The van der Waals surface area contributed by atoms with Crippen LogP contribution in [0, 0.1) is 0 Å². The van der Waals surface area contributed by atoms with Crippen LogP contribution in [0.25, 0.3) is 0 Å². The van der Waals surface area contributed by atoms with Crippen molar-refractivity contribution in [3.8, 4) is 0 Å². The summed E-state index contributed by atoms with van der Waals surface area (Å²) in [5.74, 6) is 0. The van der Waals surface area contributed by atoms with Crippen molar-refractivity contribution in [2.75, 3.05) is 6.67 Å². The highest BCUT2D eigenvalue weighted by molar-refractivity contribution is 5.53. The van der Waals surface area contributed by atoms with E-state index < -0.39 is 12.5 Å². The van der Waals surface area contributed by atoms with E-state index in [0.717, 1.165) is 9.80 Å². The van der Waals surface area contributed by atoms with Gasteiger partial charge in [-0.3, -0.25) is 19.4 Å². The van der Waals surface area contributed by atoms with E-state index in [1.165, 1.54) is 0 Å². The summed E-state index contributed by atoms with van der Waals surface area (Å²) in [4.78, 5) is 22.1. The summed E-state index contributed by atoms with van der Waals surface area (Å²) >= 11 is 0. The van der Waals surface area contributed by atoms with Gasteiger partial charge in [-0.1, -0.05) is 0 Å². The summed E-state index contributed by atoms with van der Waals surface area (Å²) in [7, 11) is 0. The maximum atomic E-state index is 10.1. The number of carbonyl (C=O) groups excluding carboxylic acids is 2. The molecule has 1 aliphatic rings. The second-order valence-corrected chi connectivity index (χ2v) is 2.21. The second kappa shape index (κ2) is 2.85. The lowest BCUT2D eigenvalue weighted by Crippen LogP contribution is -2.36. The van der Waals surface area contributed by atoms with Crippen LogP contribution in [-0.2, 0) is 9.59 Å². The highest BCUT2D eigenvalue weighted by Crippen LogP contribution is 2.12. The smallest absolute Gasteiger partial charge is 0.213 e. The Labute approximate surface area is 62.6 Å². The van der Waals surface area contributed by atoms with E-state index in [-0.39, 0.29) is 6.67 Å². The molecule has 1 fully saturated rings. The number of hydrogen-bond acceptors (Lipinski definition) is 4. The third-order valence-corrected chi connectivity index (χ3v) is 1.54. The average molecular weight is 160 g/mol. The first kappa shape index (κ1) is 7.96. The van der Waals surface area contributed by atoms with Gasteiger partial charge in [0.05, 0.1) is 0 Å². The molecule has 0 spiro atoms. The van der Waals surface area contributed by atoms with E-state index in [2.05, 4.69) is 0 Å². The van der Waals surface area contributed by atoms with Gasteiger partial charge in [-0.25, -0.2) is 0 Å². The number of hydrogen-bond donors (Lipinski definition) is 2. The summed E-state index contributed by atoms with van der Waals surface area (Å²) in [6, 6.07) is 0. The number of amides is 2. The Bertz CT molecular complexity index is 156. The van der Waals surface area contributed by atoms with Crippen molar-refractivity contribution in [3.63, 3.8) is 0 Å². The minimum absolute atomic E-state index is 0.0741. The third kappa shape index (κ3) is 1.17. The van der Waals surface area contributed by atoms with Crippen LogP contribution in [0.5, 0.6) is 0 Å². The summed E-state index contributed by atoms with van der Waals surface area (Å²) in [6.07, 6.45) is -1.87. The van der Waals surface area contributed by atoms with Crippen LogP contribution in [-0.4, -0.2) is 52.0 Å². The normalized spacial score (nSPS) is 30.7. The van der Waals surface area contributed by atoms with E-state index in [4.69, 9.17) is 10.2 Å². The van der Waals surface area contributed by atoms with Gasteiger partial charge in [-0.15, -0.1) is 0 Å². The molecule has 1 heterocycles. The monoisotopic (exact) mass is 160 g/mol. The van der Waals surface area contributed by atoms with Crippen LogP contribution in [0.15, 0.2) is 0 Å². The SMILES string of the molecule is O=CN1CN(C=O)[C@@H](O)[C@@H]1O. The van der Waals surface area contributed by atoms with Crippen molar-refractivity contribution in [3.05, 3.63) is 0 Å². The Kier molecular flexibility index (Phi) is 2.06. The van der Waals surface area contributed by atoms with Crippen molar-refractivity contribution in [2.24, 2.45) is 0 Å². The van der Waals surface area contributed by atoms with Gasteiger partial charge in [0.2, 0.25) is 12.8 Å². The quantitative estimate of drug-likeness (QED) is 0.438. The van der Waals surface area contributed by atoms with Crippen molar-refractivity contribution < 1.29 is 19.8 Å². The van der Waals surface area contributed by atoms with E-state index in [9.17, 15) is 9.59 Å². The molecule has 0 aromatic carbocycles. The van der Waals surface area contributed by atoms with Gasteiger partial charge < -0.3 is 10.2 Å². The number of aliphatic hydroxyl groups excluding tert-OH is 2. The van der Waals surface area contributed by atoms with Crippen molar-refractivity contribution in [1.29, 1.82) is 0 Å². The summed E-state index contributed by atoms with van der Waals surface area (Å²) in [5, 5.41) is 18.0. The maximum absolute atomic E-state index is 10.1. The Balaban J connectivity index is 2.67. The van der Waals surface area contributed by atoms with Crippen molar-refractivity contribution in [1.82, 2.24) is 9.80 Å². The second-order valence-electron chi connectivity index (χ2n) is 2.21. The molecule has 0 aliphatic carbocycles. The molecule has 2 N–H and O–H groups in total. The first-order valence-corrected chi connectivity index (χ1v) is 2.99. The molecular weight excluding hydrogens is 152 g/mol. The highest BCUT2D eigenvalue weighted by Gasteiger charge is 2.35.